The van der Waals surface area contributed by atoms with Gasteiger partial charge in [-0.05, 0) is 38.0 Å². The molecule has 0 aromatic heterocycles. The highest BCUT2D eigenvalue weighted by Crippen LogP contribution is 2.38. The Bertz CT molecular complexity index is 659. The summed E-state index contributed by atoms with van der Waals surface area (Å²) in [4.78, 5) is 0. The molecule has 1 aliphatic rings. The molecule has 0 amide bonds. The van der Waals surface area contributed by atoms with Crippen LogP contribution in [0.25, 0.3) is 0 Å². The Morgan fingerprint density at radius 3 is 2.71 bits per heavy atom. The Kier molecular flexibility index (Phi) is 3.58. The van der Waals surface area contributed by atoms with Crippen molar-refractivity contribution in [1.82, 2.24) is 0 Å². The molecule has 0 aliphatic carbocycles. The monoisotopic (exact) mass is 301 g/mol. The maximum Gasteiger partial charge on any atom is 0.128 e. The van der Waals surface area contributed by atoms with E-state index in [1.807, 2.05) is 12.1 Å². The standard InChI is InChI=1S/C18H20ClNO/c1-12-6-4-9-15(19)16(12)20-11-14-8-5-7-13-10-18(2,3)21-17(13)14/h4-9,20H,10-11H2,1-3H3. The molecular weight excluding hydrogens is 282 g/mol. The molecule has 110 valence electrons. The quantitative estimate of drug-likeness (QED) is 0.864. The highest BCUT2D eigenvalue weighted by molar-refractivity contribution is 6.33. The van der Waals surface area contributed by atoms with Crippen molar-refractivity contribution in [2.45, 2.75) is 39.3 Å². The van der Waals surface area contributed by atoms with Gasteiger partial charge in [0.1, 0.15) is 11.4 Å². The molecule has 3 heteroatoms. The summed E-state index contributed by atoms with van der Waals surface area (Å²) in [5.41, 5.74) is 4.50. The first kappa shape index (κ1) is 14.3. The summed E-state index contributed by atoms with van der Waals surface area (Å²) in [7, 11) is 0. The third-order valence-electron chi connectivity index (χ3n) is 3.85. The molecule has 0 atom stereocenters. The highest BCUT2D eigenvalue weighted by Gasteiger charge is 2.31. The summed E-state index contributed by atoms with van der Waals surface area (Å²) in [6.07, 6.45) is 0.960. The van der Waals surface area contributed by atoms with Gasteiger partial charge in [-0.15, -0.1) is 0 Å². The van der Waals surface area contributed by atoms with Gasteiger partial charge < -0.3 is 10.1 Å². The van der Waals surface area contributed by atoms with E-state index in [0.717, 1.165) is 28.4 Å². The lowest BCUT2D eigenvalue weighted by Crippen LogP contribution is -2.25. The molecule has 0 saturated carbocycles. The number of para-hydroxylation sites is 2. The Labute approximate surface area is 131 Å². The SMILES string of the molecule is Cc1cccc(Cl)c1NCc1cccc2c1OC(C)(C)C2. The number of nitrogens with one attached hydrogen (secondary N) is 1. The van der Waals surface area contributed by atoms with Crippen LogP contribution in [-0.4, -0.2) is 5.60 Å². The van der Waals surface area contributed by atoms with E-state index in [2.05, 4.69) is 50.4 Å². The maximum absolute atomic E-state index is 6.26. The molecule has 1 heterocycles. The van der Waals surface area contributed by atoms with E-state index in [-0.39, 0.29) is 5.60 Å². The fourth-order valence-electron chi connectivity index (χ4n) is 2.86. The van der Waals surface area contributed by atoms with Crippen LogP contribution in [0, 0.1) is 6.92 Å². The molecule has 2 nitrogen and oxygen atoms in total. The average Bonchev–Trinajstić information content (AvgIpc) is 2.73. The van der Waals surface area contributed by atoms with E-state index < -0.39 is 0 Å². The van der Waals surface area contributed by atoms with Gasteiger partial charge in [-0.3, -0.25) is 0 Å². The first-order chi connectivity index (χ1) is 9.96. The van der Waals surface area contributed by atoms with E-state index >= 15 is 0 Å². The van der Waals surface area contributed by atoms with E-state index in [0.29, 0.717) is 6.54 Å². The van der Waals surface area contributed by atoms with Gasteiger partial charge in [0.05, 0.1) is 10.7 Å². The van der Waals surface area contributed by atoms with Crippen LogP contribution in [0.15, 0.2) is 36.4 Å². The molecule has 0 radical (unpaired) electrons. The molecule has 0 fully saturated rings. The second-order valence-electron chi connectivity index (χ2n) is 6.23. The lowest BCUT2D eigenvalue weighted by Gasteiger charge is -2.19. The van der Waals surface area contributed by atoms with Crippen LogP contribution in [0.5, 0.6) is 5.75 Å². The fraction of sp³-hybridized carbons (Fsp3) is 0.333. The molecule has 21 heavy (non-hydrogen) atoms. The number of hydrogen-bond donors (Lipinski definition) is 1. The number of rotatable bonds is 3. The number of ether oxygens (including phenoxy) is 1. The predicted octanol–water partition coefficient (Wildman–Crippen LogP) is 4.97. The topological polar surface area (TPSA) is 21.3 Å². The number of aryl methyl sites for hydroxylation is 1. The van der Waals surface area contributed by atoms with E-state index in [1.54, 1.807) is 0 Å². The van der Waals surface area contributed by atoms with Crippen molar-refractivity contribution in [3.05, 3.63) is 58.1 Å². The fourth-order valence-corrected chi connectivity index (χ4v) is 3.15. The van der Waals surface area contributed by atoms with Gasteiger partial charge in [-0.2, -0.15) is 0 Å². The van der Waals surface area contributed by atoms with E-state index in [1.165, 1.54) is 11.1 Å². The average molecular weight is 302 g/mol. The van der Waals surface area contributed by atoms with Gasteiger partial charge in [-0.25, -0.2) is 0 Å². The minimum Gasteiger partial charge on any atom is -0.487 e. The first-order valence-electron chi connectivity index (χ1n) is 7.25. The van der Waals surface area contributed by atoms with Gasteiger partial charge in [0.25, 0.3) is 0 Å². The molecule has 1 N–H and O–H groups in total. The van der Waals surface area contributed by atoms with Crippen LogP contribution < -0.4 is 10.1 Å². The zero-order valence-corrected chi connectivity index (χ0v) is 13.4. The van der Waals surface area contributed by atoms with Crippen LogP contribution in [-0.2, 0) is 13.0 Å². The molecule has 0 saturated heterocycles. The number of anilines is 1. The van der Waals surface area contributed by atoms with Crippen molar-refractivity contribution < 1.29 is 4.74 Å². The van der Waals surface area contributed by atoms with Crippen LogP contribution in [0.1, 0.15) is 30.5 Å². The molecule has 3 rings (SSSR count). The van der Waals surface area contributed by atoms with Crippen molar-refractivity contribution in [3.8, 4) is 5.75 Å². The van der Waals surface area contributed by atoms with Crippen LogP contribution in [0.3, 0.4) is 0 Å². The largest absolute Gasteiger partial charge is 0.487 e. The Morgan fingerprint density at radius 1 is 1.19 bits per heavy atom. The predicted molar refractivity (Wildman–Crippen MR) is 88.4 cm³/mol. The molecule has 0 spiro atoms. The second-order valence-corrected chi connectivity index (χ2v) is 6.64. The lowest BCUT2D eigenvalue weighted by molar-refractivity contribution is 0.137. The smallest absolute Gasteiger partial charge is 0.128 e. The summed E-state index contributed by atoms with van der Waals surface area (Å²) in [6, 6.07) is 12.3. The van der Waals surface area contributed by atoms with Gasteiger partial charge in [-0.1, -0.05) is 41.9 Å². The van der Waals surface area contributed by atoms with Crippen LogP contribution in [0.4, 0.5) is 5.69 Å². The third-order valence-corrected chi connectivity index (χ3v) is 4.17. The minimum atomic E-state index is -0.112. The first-order valence-corrected chi connectivity index (χ1v) is 7.63. The van der Waals surface area contributed by atoms with Crippen molar-refractivity contribution in [1.29, 1.82) is 0 Å². The molecule has 0 unspecified atom stereocenters. The minimum absolute atomic E-state index is 0.112. The number of hydrogen-bond acceptors (Lipinski definition) is 2. The lowest BCUT2D eigenvalue weighted by atomic mass is 10.0. The molecule has 0 bridgehead atoms. The zero-order valence-electron chi connectivity index (χ0n) is 12.7. The summed E-state index contributed by atoms with van der Waals surface area (Å²) >= 11 is 6.26. The Morgan fingerprint density at radius 2 is 1.95 bits per heavy atom. The van der Waals surface area contributed by atoms with Crippen molar-refractivity contribution in [2.24, 2.45) is 0 Å². The van der Waals surface area contributed by atoms with Crippen molar-refractivity contribution in [3.63, 3.8) is 0 Å². The van der Waals surface area contributed by atoms with Crippen molar-refractivity contribution >= 4 is 17.3 Å². The second kappa shape index (κ2) is 5.27. The molecule has 2 aromatic rings. The summed E-state index contributed by atoms with van der Waals surface area (Å²) in [5, 5.41) is 4.20. The Balaban J connectivity index is 1.83. The van der Waals surface area contributed by atoms with Gasteiger partial charge in [0.15, 0.2) is 0 Å². The third kappa shape index (κ3) is 2.86. The van der Waals surface area contributed by atoms with Crippen LogP contribution in [0.2, 0.25) is 5.02 Å². The normalized spacial score (nSPS) is 15.4. The highest BCUT2D eigenvalue weighted by atomic mass is 35.5. The van der Waals surface area contributed by atoms with E-state index in [4.69, 9.17) is 16.3 Å². The zero-order chi connectivity index (χ0) is 15.0. The molecule has 2 aromatic carbocycles. The van der Waals surface area contributed by atoms with E-state index in [9.17, 15) is 0 Å². The number of fused-ring (bicyclic) bond motifs is 1. The van der Waals surface area contributed by atoms with Crippen molar-refractivity contribution in [2.75, 3.05) is 5.32 Å². The summed E-state index contributed by atoms with van der Waals surface area (Å²) in [5.74, 6) is 1.03. The number of halogens is 1. The van der Waals surface area contributed by atoms with Gasteiger partial charge in [0.2, 0.25) is 0 Å². The van der Waals surface area contributed by atoms with Gasteiger partial charge >= 0.3 is 0 Å². The summed E-state index contributed by atoms with van der Waals surface area (Å²) in [6.45, 7) is 7.03. The number of benzene rings is 2. The Hall–Kier alpha value is -1.67. The van der Waals surface area contributed by atoms with Gasteiger partial charge in [0, 0.05) is 18.5 Å². The molecule has 1 aliphatic heterocycles. The maximum atomic E-state index is 6.26. The van der Waals surface area contributed by atoms with Crippen LogP contribution >= 0.6 is 11.6 Å². The molecular formula is C18H20ClNO. The summed E-state index contributed by atoms with van der Waals surface area (Å²) < 4.78 is 6.10.